The Kier molecular flexibility index (Phi) is 5.94. The Balaban J connectivity index is 2.88. The lowest BCUT2D eigenvalue weighted by Crippen LogP contribution is -2.37. The first-order valence-corrected chi connectivity index (χ1v) is 7.60. The van der Waals surface area contributed by atoms with E-state index in [-0.39, 0.29) is 16.9 Å². The molecule has 1 unspecified atom stereocenters. The van der Waals surface area contributed by atoms with Gasteiger partial charge >= 0.3 is 6.18 Å². The first kappa shape index (κ1) is 18.1. The Labute approximate surface area is 128 Å². The van der Waals surface area contributed by atoms with E-state index >= 15 is 0 Å². The molecule has 0 fully saturated rings. The maximum absolute atomic E-state index is 12.2. The summed E-state index contributed by atoms with van der Waals surface area (Å²) in [5.74, 6) is 0.441. The molecule has 0 saturated heterocycles. The standard InChI is InChI=1S/C11H15ClF3N3O2S/c1-10(20,6-21-2)4-16-7-3-17-18(5-11(13,14)15)9(19)8(7)12/h3,16,20H,4-6H2,1-2H3. The lowest BCUT2D eigenvalue weighted by atomic mass is 10.1. The summed E-state index contributed by atoms with van der Waals surface area (Å²) in [6.07, 6.45) is -1.71. The number of alkyl halides is 3. The summed E-state index contributed by atoms with van der Waals surface area (Å²) in [5, 5.41) is 15.7. The van der Waals surface area contributed by atoms with Gasteiger partial charge in [-0.05, 0) is 13.2 Å². The number of hydrogen-bond acceptors (Lipinski definition) is 5. The third-order valence-electron chi connectivity index (χ3n) is 2.43. The highest BCUT2D eigenvalue weighted by atomic mass is 35.5. The van der Waals surface area contributed by atoms with E-state index in [1.807, 2.05) is 6.26 Å². The normalized spacial score (nSPS) is 14.8. The molecule has 0 aliphatic rings. The van der Waals surface area contributed by atoms with Crippen molar-refractivity contribution in [2.24, 2.45) is 0 Å². The minimum Gasteiger partial charge on any atom is -0.387 e. The zero-order valence-corrected chi connectivity index (χ0v) is 12.9. The van der Waals surface area contributed by atoms with Crippen molar-refractivity contribution in [3.05, 3.63) is 21.6 Å². The number of hydrogen-bond donors (Lipinski definition) is 2. The van der Waals surface area contributed by atoms with Gasteiger partial charge < -0.3 is 10.4 Å². The number of nitrogens with one attached hydrogen (secondary N) is 1. The lowest BCUT2D eigenvalue weighted by molar-refractivity contribution is -0.143. The minimum atomic E-state index is -4.56. The summed E-state index contributed by atoms with van der Waals surface area (Å²) in [4.78, 5) is 11.7. The largest absolute Gasteiger partial charge is 0.408 e. The third kappa shape index (κ3) is 5.76. The van der Waals surface area contributed by atoms with Crippen molar-refractivity contribution < 1.29 is 18.3 Å². The van der Waals surface area contributed by atoms with Gasteiger partial charge in [0.15, 0.2) is 0 Å². The van der Waals surface area contributed by atoms with Crippen LogP contribution < -0.4 is 10.9 Å². The maximum atomic E-state index is 12.2. The molecule has 1 rings (SSSR count). The van der Waals surface area contributed by atoms with Crippen LogP contribution in [0.5, 0.6) is 0 Å². The zero-order chi connectivity index (χ0) is 16.3. The van der Waals surface area contributed by atoms with Crippen LogP contribution in [0.2, 0.25) is 5.02 Å². The van der Waals surface area contributed by atoms with Crippen LogP contribution in [-0.4, -0.2) is 45.2 Å². The van der Waals surface area contributed by atoms with Crippen LogP contribution in [0.15, 0.2) is 11.0 Å². The van der Waals surface area contributed by atoms with Gasteiger partial charge in [-0.3, -0.25) is 4.79 Å². The molecule has 21 heavy (non-hydrogen) atoms. The van der Waals surface area contributed by atoms with Crippen LogP contribution in [0, 0.1) is 0 Å². The Bertz CT molecular complexity index is 548. The fraction of sp³-hybridized carbons (Fsp3) is 0.636. The third-order valence-corrected chi connectivity index (χ3v) is 3.70. The summed E-state index contributed by atoms with van der Waals surface area (Å²) < 4.78 is 37.0. The SMILES string of the molecule is CSCC(C)(O)CNc1cnn(CC(F)(F)F)c(=O)c1Cl. The summed E-state index contributed by atoms with van der Waals surface area (Å²) in [6, 6.07) is 0. The van der Waals surface area contributed by atoms with Gasteiger partial charge in [-0.1, -0.05) is 11.6 Å². The quantitative estimate of drug-likeness (QED) is 0.825. The highest BCUT2D eigenvalue weighted by Crippen LogP contribution is 2.20. The molecule has 1 heterocycles. The minimum absolute atomic E-state index is 0.0813. The van der Waals surface area contributed by atoms with Crippen LogP contribution in [0.4, 0.5) is 18.9 Å². The van der Waals surface area contributed by atoms with Crippen LogP contribution >= 0.6 is 23.4 Å². The van der Waals surface area contributed by atoms with Gasteiger partial charge in [-0.25, -0.2) is 4.68 Å². The van der Waals surface area contributed by atoms with Gasteiger partial charge in [-0.15, -0.1) is 0 Å². The fourth-order valence-corrected chi connectivity index (χ4v) is 2.46. The first-order valence-electron chi connectivity index (χ1n) is 5.83. The number of halogens is 4. The second-order valence-corrected chi connectivity index (χ2v) is 5.98. The van der Waals surface area contributed by atoms with E-state index in [1.165, 1.54) is 11.8 Å². The predicted molar refractivity (Wildman–Crippen MR) is 77.1 cm³/mol. The molecule has 1 aromatic heterocycles. The molecule has 1 atom stereocenters. The number of nitrogens with zero attached hydrogens (tertiary/aromatic N) is 2. The lowest BCUT2D eigenvalue weighted by Gasteiger charge is -2.23. The van der Waals surface area contributed by atoms with Crippen LogP contribution in [0.25, 0.3) is 0 Å². The van der Waals surface area contributed by atoms with E-state index in [0.717, 1.165) is 6.20 Å². The maximum Gasteiger partial charge on any atom is 0.408 e. The average Bonchev–Trinajstić information content (AvgIpc) is 2.32. The van der Waals surface area contributed by atoms with Gasteiger partial charge in [0.2, 0.25) is 0 Å². The molecule has 0 saturated carbocycles. The van der Waals surface area contributed by atoms with Gasteiger partial charge in [-0.2, -0.15) is 30.0 Å². The van der Waals surface area contributed by atoms with Crippen molar-refractivity contribution in [1.29, 1.82) is 0 Å². The summed E-state index contributed by atoms with van der Waals surface area (Å²) in [6.45, 7) is 0.163. The van der Waals surface area contributed by atoms with Crippen LogP contribution in [0.1, 0.15) is 6.92 Å². The second-order valence-electron chi connectivity index (χ2n) is 4.73. The van der Waals surface area contributed by atoms with Crippen molar-refractivity contribution in [2.75, 3.05) is 23.9 Å². The molecule has 0 spiro atoms. The van der Waals surface area contributed by atoms with Crippen LogP contribution in [-0.2, 0) is 6.54 Å². The number of thioether (sulfide) groups is 1. The monoisotopic (exact) mass is 345 g/mol. The van der Waals surface area contributed by atoms with Gasteiger partial charge in [0, 0.05) is 12.3 Å². The Morgan fingerprint density at radius 3 is 2.67 bits per heavy atom. The molecule has 120 valence electrons. The van der Waals surface area contributed by atoms with Gasteiger partial charge in [0.1, 0.15) is 11.6 Å². The molecular formula is C11H15ClF3N3O2S. The Morgan fingerprint density at radius 1 is 1.52 bits per heavy atom. The highest BCUT2D eigenvalue weighted by Gasteiger charge is 2.30. The predicted octanol–water partition coefficient (Wildman–Crippen LogP) is 1.98. The highest BCUT2D eigenvalue weighted by molar-refractivity contribution is 7.98. The van der Waals surface area contributed by atoms with Crippen molar-refractivity contribution in [3.63, 3.8) is 0 Å². The molecule has 1 aromatic rings. The second kappa shape index (κ2) is 6.89. The summed E-state index contributed by atoms with van der Waals surface area (Å²) in [5.41, 5.74) is -2.01. The summed E-state index contributed by atoms with van der Waals surface area (Å²) >= 11 is 7.17. The average molecular weight is 346 g/mol. The van der Waals surface area contributed by atoms with Crippen molar-refractivity contribution >= 4 is 29.1 Å². The molecular weight excluding hydrogens is 331 g/mol. The fourth-order valence-electron chi connectivity index (χ4n) is 1.52. The van der Waals surface area contributed by atoms with E-state index in [1.54, 1.807) is 6.92 Å². The molecule has 0 aliphatic heterocycles. The molecule has 10 heteroatoms. The van der Waals surface area contributed by atoms with E-state index in [2.05, 4.69) is 10.4 Å². The van der Waals surface area contributed by atoms with Gasteiger partial charge in [0.25, 0.3) is 5.56 Å². The van der Waals surface area contributed by atoms with Gasteiger partial charge in [0.05, 0.1) is 17.5 Å². The Morgan fingerprint density at radius 2 is 2.14 bits per heavy atom. The molecule has 2 N–H and O–H groups in total. The summed E-state index contributed by atoms with van der Waals surface area (Å²) in [7, 11) is 0. The number of aliphatic hydroxyl groups is 1. The van der Waals surface area contributed by atoms with Crippen molar-refractivity contribution in [2.45, 2.75) is 25.2 Å². The number of anilines is 1. The van der Waals surface area contributed by atoms with E-state index in [4.69, 9.17) is 11.6 Å². The van der Waals surface area contributed by atoms with E-state index in [9.17, 15) is 23.1 Å². The molecule has 5 nitrogen and oxygen atoms in total. The smallest absolute Gasteiger partial charge is 0.387 e. The number of rotatable bonds is 6. The molecule has 0 aliphatic carbocycles. The van der Waals surface area contributed by atoms with Crippen molar-refractivity contribution in [3.8, 4) is 0 Å². The van der Waals surface area contributed by atoms with E-state index in [0.29, 0.717) is 5.75 Å². The molecule has 0 amide bonds. The molecule has 0 aromatic carbocycles. The molecule has 0 radical (unpaired) electrons. The van der Waals surface area contributed by atoms with E-state index < -0.39 is 28.9 Å². The van der Waals surface area contributed by atoms with Crippen molar-refractivity contribution in [1.82, 2.24) is 9.78 Å². The zero-order valence-electron chi connectivity index (χ0n) is 11.4. The first-order chi connectivity index (χ1) is 9.56. The van der Waals surface area contributed by atoms with Crippen LogP contribution in [0.3, 0.4) is 0 Å². The Hall–Kier alpha value is -0.930. The molecule has 0 bridgehead atoms. The number of aromatic nitrogens is 2. The topological polar surface area (TPSA) is 67.2 Å².